The fourth-order valence-electron chi connectivity index (χ4n) is 9.58. The Balaban J connectivity index is 1.35. The van der Waals surface area contributed by atoms with Crippen molar-refractivity contribution in [2.24, 2.45) is 0 Å². The zero-order valence-electron chi connectivity index (χ0n) is 31.3. The molecule has 0 spiro atoms. The highest BCUT2D eigenvalue weighted by atomic mass is 28.3. The van der Waals surface area contributed by atoms with Gasteiger partial charge in [0.1, 0.15) is 0 Å². The van der Waals surface area contributed by atoms with Gasteiger partial charge in [0.2, 0.25) is 0 Å². The molecule has 9 aromatic carbocycles. The van der Waals surface area contributed by atoms with Crippen molar-refractivity contribution in [2.75, 3.05) is 0 Å². The van der Waals surface area contributed by atoms with Crippen LogP contribution < -0.4 is 20.7 Å². The molecule has 0 bridgehead atoms. The third kappa shape index (κ3) is 5.03. The van der Waals surface area contributed by atoms with Gasteiger partial charge in [-0.2, -0.15) is 0 Å². The number of nitrogens with zero attached hydrogens (tertiary/aromatic N) is 2. The van der Waals surface area contributed by atoms with Crippen LogP contribution in [0.4, 0.5) is 0 Å². The summed E-state index contributed by atoms with van der Waals surface area (Å²) in [7, 11) is -3.04. The van der Waals surface area contributed by atoms with Crippen LogP contribution >= 0.6 is 0 Å². The van der Waals surface area contributed by atoms with Crippen LogP contribution in [0.3, 0.4) is 0 Å². The van der Waals surface area contributed by atoms with E-state index >= 15 is 0 Å². The summed E-state index contributed by atoms with van der Waals surface area (Å²) < 4.78 is 5.05. The quantitative estimate of drug-likeness (QED) is 0.114. The molecule has 0 atom stereocenters. The normalized spacial score (nSPS) is 11.9. The number of para-hydroxylation sites is 6. The van der Waals surface area contributed by atoms with Gasteiger partial charge < -0.3 is 9.13 Å². The van der Waals surface area contributed by atoms with Crippen LogP contribution in [0, 0.1) is 0 Å². The molecule has 57 heavy (non-hydrogen) atoms. The summed E-state index contributed by atoms with van der Waals surface area (Å²) >= 11 is 0. The average Bonchev–Trinajstić information content (AvgIpc) is 3.81. The van der Waals surface area contributed by atoms with E-state index in [0.29, 0.717) is 0 Å². The Bertz CT molecular complexity index is 3030. The molecule has 0 aliphatic heterocycles. The first kappa shape index (κ1) is 33.2. The van der Waals surface area contributed by atoms with Gasteiger partial charge in [-0.25, -0.2) is 0 Å². The summed E-state index contributed by atoms with van der Waals surface area (Å²) in [5.74, 6) is 0. The molecule has 268 valence electrons. The number of fused-ring (bicyclic) bond motifs is 6. The first-order valence-electron chi connectivity index (χ1n) is 19.7. The van der Waals surface area contributed by atoms with Gasteiger partial charge in [-0.1, -0.05) is 200 Å². The largest absolute Gasteiger partial charge is 0.309 e. The van der Waals surface area contributed by atoms with Crippen molar-refractivity contribution in [2.45, 2.75) is 0 Å². The van der Waals surface area contributed by atoms with Crippen LogP contribution in [0.15, 0.2) is 231 Å². The van der Waals surface area contributed by atoms with Crippen molar-refractivity contribution in [3.63, 3.8) is 0 Å². The van der Waals surface area contributed by atoms with E-state index in [2.05, 4.69) is 240 Å². The number of aromatic nitrogens is 2. The second-order valence-electron chi connectivity index (χ2n) is 14.8. The first-order chi connectivity index (χ1) is 28.3. The van der Waals surface area contributed by atoms with Gasteiger partial charge in [0, 0.05) is 32.7 Å². The molecule has 0 radical (unpaired) electrons. The maximum Gasteiger partial charge on any atom is 0.181 e. The highest BCUT2D eigenvalue weighted by Crippen LogP contribution is 2.40. The Morgan fingerprint density at radius 1 is 0.263 bits per heavy atom. The fourth-order valence-corrected chi connectivity index (χ4v) is 14.5. The molecular weight excluding hydrogens is 705 g/mol. The van der Waals surface area contributed by atoms with Crippen LogP contribution in [0.2, 0.25) is 0 Å². The zero-order valence-corrected chi connectivity index (χ0v) is 32.3. The van der Waals surface area contributed by atoms with Crippen LogP contribution in [0.25, 0.3) is 66.1 Å². The van der Waals surface area contributed by atoms with E-state index in [1.165, 1.54) is 81.2 Å². The molecule has 2 aromatic heterocycles. The Labute approximate surface area is 333 Å². The SMILES string of the molecule is c1ccc([Si](c2ccccc2)(c2ccccc2)c2cccc(-c3ccccc3-n3c4ccccc4c4ccccc43)c2-n2c3ccccc3c3ccccc32)cc1. The zero-order chi connectivity index (χ0) is 37.8. The number of hydrogen-bond donors (Lipinski definition) is 0. The summed E-state index contributed by atoms with van der Waals surface area (Å²) in [6.07, 6.45) is 0. The first-order valence-corrected chi connectivity index (χ1v) is 21.7. The van der Waals surface area contributed by atoms with Gasteiger partial charge in [-0.15, -0.1) is 0 Å². The fraction of sp³-hybridized carbons (Fsp3) is 0. The maximum atomic E-state index is 2.58. The number of benzene rings is 9. The minimum atomic E-state index is -3.04. The Hall–Kier alpha value is -7.20. The van der Waals surface area contributed by atoms with Crippen LogP contribution in [-0.2, 0) is 0 Å². The molecule has 2 nitrogen and oxygen atoms in total. The molecule has 2 heterocycles. The van der Waals surface area contributed by atoms with Crippen LogP contribution in [0.1, 0.15) is 0 Å². The molecule has 0 aliphatic rings. The molecule has 0 fully saturated rings. The van der Waals surface area contributed by atoms with Crippen LogP contribution in [0.5, 0.6) is 0 Å². The van der Waals surface area contributed by atoms with E-state index in [1.807, 2.05) is 0 Å². The molecule has 0 saturated carbocycles. The van der Waals surface area contributed by atoms with Crippen LogP contribution in [-0.4, -0.2) is 17.2 Å². The summed E-state index contributed by atoms with van der Waals surface area (Å²) in [6, 6.07) is 85.5. The molecular formula is C54H38N2Si. The van der Waals surface area contributed by atoms with E-state index in [1.54, 1.807) is 0 Å². The van der Waals surface area contributed by atoms with E-state index in [0.717, 1.165) is 5.69 Å². The molecule has 0 saturated heterocycles. The third-order valence-corrected chi connectivity index (χ3v) is 16.7. The van der Waals surface area contributed by atoms with E-state index in [9.17, 15) is 0 Å². The van der Waals surface area contributed by atoms with Gasteiger partial charge in [0.25, 0.3) is 0 Å². The van der Waals surface area contributed by atoms with Crippen molar-refractivity contribution in [1.29, 1.82) is 0 Å². The molecule has 0 N–H and O–H groups in total. The van der Waals surface area contributed by atoms with Crippen molar-refractivity contribution in [3.8, 4) is 22.5 Å². The monoisotopic (exact) mass is 742 g/mol. The van der Waals surface area contributed by atoms with E-state index < -0.39 is 8.07 Å². The molecule has 0 aliphatic carbocycles. The third-order valence-electron chi connectivity index (χ3n) is 11.9. The highest BCUT2D eigenvalue weighted by molar-refractivity contribution is 7.20. The maximum absolute atomic E-state index is 3.04. The van der Waals surface area contributed by atoms with Crippen molar-refractivity contribution in [1.82, 2.24) is 9.13 Å². The number of rotatable bonds is 7. The summed E-state index contributed by atoms with van der Waals surface area (Å²) in [5.41, 5.74) is 9.52. The molecule has 0 unspecified atom stereocenters. The second-order valence-corrected chi connectivity index (χ2v) is 18.6. The molecule has 11 rings (SSSR count). The predicted molar refractivity (Wildman–Crippen MR) is 244 cm³/mol. The predicted octanol–water partition coefficient (Wildman–Crippen LogP) is 10.9. The highest BCUT2D eigenvalue weighted by Gasteiger charge is 2.44. The van der Waals surface area contributed by atoms with Gasteiger partial charge in [-0.3, -0.25) is 0 Å². The van der Waals surface area contributed by atoms with Gasteiger partial charge in [-0.05, 0) is 51.1 Å². The lowest BCUT2D eigenvalue weighted by Crippen LogP contribution is -2.75. The lowest BCUT2D eigenvalue weighted by molar-refractivity contribution is 1.16. The lowest BCUT2D eigenvalue weighted by atomic mass is 10.0. The van der Waals surface area contributed by atoms with Gasteiger partial charge in [0.15, 0.2) is 8.07 Å². The summed E-state index contributed by atoms with van der Waals surface area (Å²) in [5, 5.41) is 10.4. The van der Waals surface area contributed by atoms with Gasteiger partial charge >= 0.3 is 0 Å². The minimum absolute atomic E-state index is 1.15. The van der Waals surface area contributed by atoms with E-state index in [-0.39, 0.29) is 0 Å². The Morgan fingerprint density at radius 2 is 0.614 bits per heavy atom. The smallest absolute Gasteiger partial charge is 0.181 e. The van der Waals surface area contributed by atoms with E-state index in [4.69, 9.17) is 0 Å². The van der Waals surface area contributed by atoms with Crippen molar-refractivity contribution < 1.29 is 0 Å². The average molecular weight is 743 g/mol. The summed E-state index contributed by atoms with van der Waals surface area (Å²) in [6.45, 7) is 0. The second kappa shape index (κ2) is 13.5. The molecule has 3 heteroatoms. The summed E-state index contributed by atoms with van der Waals surface area (Å²) in [4.78, 5) is 0. The van der Waals surface area contributed by atoms with Gasteiger partial charge in [0.05, 0.1) is 33.4 Å². The Kier molecular flexibility index (Phi) is 7.87. The molecule has 11 aromatic rings. The topological polar surface area (TPSA) is 9.86 Å². The Morgan fingerprint density at radius 3 is 1.07 bits per heavy atom. The minimum Gasteiger partial charge on any atom is -0.309 e. The van der Waals surface area contributed by atoms with Crippen molar-refractivity contribution in [3.05, 3.63) is 231 Å². The molecule has 0 amide bonds. The van der Waals surface area contributed by atoms with Crippen molar-refractivity contribution >= 4 is 72.4 Å². The lowest BCUT2D eigenvalue weighted by Gasteiger charge is -2.37. The standard InChI is InChI=1S/C54H38N2Si/c1-4-21-39(22-5-1)57(40-23-6-2-7-24-40,41-25-8-3-9-26-41)53-38-20-32-47(54(53)56-51-36-18-12-29-44(51)45-30-13-19-37-52(45)56)46-31-14-17-35-50(46)55-48-33-15-10-27-42(48)43-28-11-16-34-49(43)55/h1-38H. The number of hydrogen-bond acceptors (Lipinski definition) is 0.